The van der Waals surface area contributed by atoms with Crippen LogP contribution in [0.3, 0.4) is 0 Å². The summed E-state index contributed by atoms with van der Waals surface area (Å²) in [4.78, 5) is 35.9. The van der Waals surface area contributed by atoms with E-state index >= 15 is 0 Å². The summed E-state index contributed by atoms with van der Waals surface area (Å²) in [5, 5.41) is 12.6. The summed E-state index contributed by atoms with van der Waals surface area (Å²) >= 11 is 0. The van der Waals surface area contributed by atoms with Gasteiger partial charge in [0.1, 0.15) is 17.8 Å². The molecule has 1 saturated heterocycles. The third-order valence-corrected chi connectivity index (χ3v) is 4.77. The molecule has 0 atom stereocenters. The molecule has 1 N–H and O–H groups in total. The zero-order valence-electron chi connectivity index (χ0n) is 16.1. The van der Waals surface area contributed by atoms with Gasteiger partial charge in [-0.15, -0.1) is 0 Å². The molecule has 9 nitrogen and oxygen atoms in total. The molecule has 0 unspecified atom stereocenters. The molecule has 5 rings (SSSR count). The number of para-hydroxylation sites is 2. The van der Waals surface area contributed by atoms with Crippen molar-refractivity contribution in [2.24, 2.45) is 5.10 Å². The van der Waals surface area contributed by atoms with Crippen molar-refractivity contribution in [2.45, 2.75) is 0 Å². The van der Waals surface area contributed by atoms with Gasteiger partial charge in [-0.05, 0) is 24.3 Å². The van der Waals surface area contributed by atoms with Crippen molar-refractivity contribution < 1.29 is 14.0 Å². The highest BCUT2D eigenvalue weighted by molar-refractivity contribution is 6.02. The third-order valence-electron chi connectivity index (χ3n) is 4.77. The van der Waals surface area contributed by atoms with Gasteiger partial charge in [0.25, 0.3) is 0 Å². The topological polar surface area (TPSA) is 110 Å². The molecule has 1 aliphatic heterocycles. The summed E-state index contributed by atoms with van der Waals surface area (Å²) in [6, 6.07) is 17.7. The molecule has 9 heteroatoms. The van der Waals surface area contributed by atoms with Crippen molar-refractivity contribution >= 4 is 29.1 Å². The van der Waals surface area contributed by atoms with Gasteiger partial charge in [-0.2, -0.15) is 10.2 Å². The van der Waals surface area contributed by atoms with Gasteiger partial charge in [-0.3, -0.25) is 10.1 Å². The molecule has 31 heavy (non-hydrogen) atoms. The number of aromatic nitrogens is 2. The number of rotatable bonds is 4. The second-order valence-electron chi connectivity index (χ2n) is 6.85. The normalized spacial score (nSPS) is 14.0. The molecule has 0 spiro atoms. The number of hydrogen-bond acceptors (Lipinski definition) is 6. The van der Waals surface area contributed by atoms with Gasteiger partial charge in [0.2, 0.25) is 5.91 Å². The molecular weight excluding hydrogens is 398 g/mol. The van der Waals surface area contributed by atoms with E-state index in [0.29, 0.717) is 16.8 Å². The van der Waals surface area contributed by atoms with Gasteiger partial charge in [0.15, 0.2) is 0 Å². The molecule has 3 amide bonds. The van der Waals surface area contributed by atoms with E-state index < -0.39 is 17.6 Å². The molecule has 0 saturated carbocycles. The van der Waals surface area contributed by atoms with E-state index in [1.54, 1.807) is 29.1 Å². The molecule has 0 aliphatic carbocycles. The average Bonchev–Trinajstić information content (AvgIpc) is 3.34. The smallest absolute Gasteiger partial charge is 0.345 e. The predicted molar refractivity (Wildman–Crippen MR) is 113 cm³/mol. The number of benzene rings is 2. The highest BCUT2D eigenvalue weighted by atomic mass is 16.4. The van der Waals surface area contributed by atoms with Crippen LogP contribution >= 0.6 is 0 Å². The third kappa shape index (κ3) is 3.48. The lowest BCUT2D eigenvalue weighted by molar-refractivity contribution is -0.118. The predicted octanol–water partition coefficient (Wildman–Crippen LogP) is 2.53. The highest BCUT2D eigenvalue weighted by Crippen LogP contribution is 2.24. The monoisotopic (exact) mass is 413 g/mol. The molecule has 0 radical (unpaired) electrons. The molecule has 1 fully saturated rings. The van der Waals surface area contributed by atoms with Crippen molar-refractivity contribution in [1.82, 2.24) is 20.1 Å². The molecule has 0 bridgehead atoms. The number of imide groups is 1. The first-order valence-electron chi connectivity index (χ1n) is 9.42. The fraction of sp³-hybridized carbons (Fsp3) is 0.0455. The van der Waals surface area contributed by atoms with E-state index in [9.17, 15) is 14.4 Å². The summed E-state index contributed by atoms with van der Waals surface area (Å²) < 4.78 is 7.07. The van der Waals surface area contributed by atoms with Crippen LogP contribution in [0.25, 0.3) is 27.9 Å². The quantitative estimate of drug-likeness (QED) is 0.314. The number of amides is 3. The maximum absolute atomic E-state index is 12.7. The zero-order chi connectivity index (χ0) is 21.4. The molecule has 152 valence electrons. The molecule has 2 aromatic heterocycles. The van der Waals surface area contributed by atoms with Crippen molar-refractivity contribution in [3.05, 3.63) is 82.8 Å². The Morgan fingerprint density at radius 2 is 1.81 bits per heavy atom. The summed E-state index contributed by atoms with van der Waals surface area (Å²) in [6.07, 6.45) is 3.09. The van der Waals surface area contributed by atoms with Gasteiger partial charge >= 0.3 is 11.7 Å². The average molecular weight is 413 g/mol. The fourth-order valence-electron chi connectivity index (χ4n) is 3.29. The Labute approximate surface area is 175 Å². The maximum atomic E-state index is 12.7. The van der Waals surface area contributed by atoms with Gasteiger partial charge < -0.3 is 4.42 Å². The lowest BCUT2D eigenvalue weighted by Gasteiger charge is -2.04. The number of carbonyl (C=O) groups excluding carboxylic acids is 2. The Balaban J connectivity index is 1.64. The van der Waals surface area contributed by atoms with E-state index in [2.05, 4.69) is 15.5 Å². The molecular formula is C22H15N5O4. The van der Waals surface area contributed by atoms with E-state index in [-0.39, 0.29) is 12.1 Å². The standard InChI is InChI=1S/C22H15N5O4/c28-19-13-27(22(30)24-19)23-11-15-12-26(16-7-2-1-3-8-16)25-20(15)17-10-14-6-4-5-9-18(14)31-21(17)29/h1-12H,13H2,(H,24,28,30)/b23-11-. The first-order chi connectivity index (χ1) is 15.1. The zero-order valence-corrected chi connectivity index (χ0v) is 16.1. The minimum absolute atomic E-state index is 0.171. The van der Waals surface area contributed by atoms with Crippen LogP contribution in [0.4, 0.5) is 4.79 Å². The largest absolute Gasteiger partial charge is 0.422 e. The van der Waals surface area contributed by atoms with Crippen LogP contribution < -0.4 is 10.9 Å². The SMILES string of the molecule is O=C1CN(/N=C\c2cn(-c3ccccc3)nc2-c2cc3ccccc3oc2=O)C(=O)N1. The van der Waals surface area contributed by atoms with Crippen LogP contribution in [0.1, 0.15) is 5.56 Å². The summed E-state index contributed by atoms with van der Waals surface area (Å²) in [5.74, 6) is -0.433. The first kappa shape index (κ1) is 18.5. The number of urea groups is 1. The minimum atomic E-state index is -0.608. The minimum Gasteiger partial charge on any atom is -0.422 e. The number of nitrogens with one attached hydrogen (secondary N) is 1. The van der Waals surface area contributed by atoms with Gasteiger partial charge in [0.05, 0.1) is 17.5 Å². The van der Waals surface area contributed by atoms with Crippen LogP contribution in [-0.4, -0.2) is 39.5 Å². The second kappa shape index (κ2) is 7.38. The summed E-state index contributed by atoms with van der Waals surface area (Å²) in [7, 11) is 0. The van der Waals surface area contributed by atoms with Crippen molar-refractivity contribution in [3.8, 4) is 16.9 Å². The van der Waals surface area contributed by atoms with Gasteiger partial charge in [0, 0.05) is 17.1 Å². The van der Waals surface area contributed by atoms with Crippen molar-refractivity contribution in [1.29, 1.82) is 0 Å². The number of nitrogens with zero attached hydrogens (tertiary/aromatic N) is 4. The first-order valence-corrected chi connectivity index (χ1v) is 9.42. The fourth-order valence-corrected chi connectivity index (χ4v) is 3.29. The van der Waals surface area contributed by atoms with E-state index in [1.807, 2.05) is 42.5 Å². The molecule has 3 heterocycles. The van der Waals surface area contributed by atoms with Crippen LogP contribution in [-0.2, 0) is 4.79 Å². The maximum Gasteiger partial charge on any atom is 0.345 e. The van der Waals surface area contributed by atoms with E-state index in [4.69, 9.17) is 4.42 Å². The summed E-state index contributed by atoms with van der Waals surface area (Å²) in [5.41, 5.74) is 1.80. The molecule has 4 aromatic rings. The molecule has 2 aromatic carbocycles. The van der Waals surface area contributed by atoms with E-state index in [0.717, 1.165) is 16.1 Å². The number of carbonyl (C=O) groups is 2. The van der Waals surface area contributed by atoms with Crippen LogP contribution in [0.2, 0.25) is 0 Å². The lowest BCUT2D eigenvalue weighted by atomic mass is 10.1. The van der Waals surface area contributed by atoms with E-state index in [1.165, 1.54) is 6.21 Å². The Bertz CT molecular complexity index is 1400. The lowest BCUT2D eigenvalue weighted by Crippen LogP contribution is -2.24. The van der Waals surface area contributed by atoms with Gasteiger partial charge in [-0.25, -0.2) is 19.3 Å². The number of fused-ring (bicyclic) bond motifs is 1. The van der Waals surface area contributed by atoms with Crippen LogP contribution in [0.5, 0.6) is 0 Å². The Hall–Kier alpha value is -4.53. The van der Waals surface area contributed by atoms with Gasteiger partial charge in [-0.1, -0.05) is 36.4 Å². The Kier molecular flexibility index (Phi) is 4.40. The highest BCUT2D eigenvalue weighted by Gasteiger charge is 2.26. The van der Waals surface area contributed by atoms with Crippen molar-refractivity contribution in [3.63, 3.8) is 0 Å². The summed E-state index contributed by atoms with van der Waals surface area (Å²) in [6.45, 7) is -0.171. The van der Waals surface area contributed by atoms with Crippen LogP contribution in [0, 0.1) is 0 Å². The second-order valence-corrected chi connectivity index (χ2v) is 6.85. The number of hydrogen-bond donors (Lipinski definition) is 1. The Morgan fingerprint density at radius 3 is 2.58 bits per heavy atom. The van der Waals surface area contributed by atoms with Crippen LogP contribution in [0.15, 0.2) is 81.2 Å². The Morgan fingerprint density at radius 1 is 1.03 bits per heavy atom. The van der Waals surface area contributed by atoms with Crippen molar-refractivity contribution in [2.75, 3.05) is 6.54 Å². The number of hydrazone groups is 1. The molecule has 1 aliphatic rings.